The highest BCUT2D eigenvalue weighted by atomic mass is 16.6. The second-order valence-electron chi connectivity index (χ2n) is 21.3. The Morgan fingerprint density at radius 3 is 0.842 bits per heavy atom. The van der Waals surface area contributed by atoms with Gasteiger partial charge in [0.2, 0.25) is 0 Å². The van der Waals surface area contributed by atoms with Crippen LogP contribution in [-0.4, -0.2) is 37.2 Å². The van der Waals surface area contributed by atoms with Gasteiger partial charge < -0.3 is 14.2 Å². The van der Waals surface area contributed by atoms with Crippen LogP contribution in [0.3, 0.4) is 0 Å². The van der Waals surface area contributed by atoms with E-state index >= 15 is 0 Å². The number of allylic oxidation sites excluding steroid dienone is 16. The normalized spacial score (nSPS) is 12.7. The molecule has 0 bridgehead atoms. The number of carbonyl (C=O) groups excluding carboxylic acids is 3. The lowest BCUT2D eigenvalue weighted by Crippen LogP contribution is -2.30. The summed E-state index contributed by atoms with van der Waals surface area (Å²) in [4.78, 5) is 38.2. The SMILES string of the molecule is CC/C=C\C/C=C\C/C=C\C/C=C\C/C=C\C/C=C\CCCCCCCCCCCCCCC(=O)OCC(COC(=O)CCCCCCCCCCCCCCC)OC(=O)CCCCCCC/C=C\C/C=C\CCCC. The van der Waals surface area contributed by atoms with Crippen molar-refractivity contribution in [2.45, 2.75) is 316 Å². The standard InChI is InChI=1S/C70H120O6/c1-4-7-10-13-16-19-22-25-27-28-29-30-31-32-33-34-35-36-37-38-39-40-41-42-43-46-48-51-54-57-60-63-69(72)75-66-67(65-74-68(71)62-59-56-53-50-47-44-24-21-18-15-12-9-6-3)76-70(73)64-61-58-55-52-49-45-26-23-20-17-14-11-8-5-2/h7,10,14,16-17,19,23,25-27,29-30,32-33,35-36,67H,4-6,8-9,11-13,15,18,20-22,24,28,31,34,37-66H2,1-3H3/b10-7-,17-14-,19-16-,26-23-,27-25-,30-29-,33-32-,36-35-. The van der Waals surface area contributed by atoms with Crippen LogP contribution in [0.2, 0.25) is 0 Å². The maximum Gasteiger partial charge on any atom is 0.306 e. The molecule has 436 valence electrons. The van der Waals surface area contributed by atoms with Crippen molar-refractivity contribution < 1.29 is 28.6 Å². The van der Waals surface area contributed by atoms with Crippen molar-refractivity contribution in [2.24, 2.45) is 0 Å². The van der Waals surface area contributed by atoms with E-state index in [4.69, 9.17) is 14.2 Å². The number of rotatable bonds is 58. The first-order chi connectivity index (χ1) is 37.5. The molecule has 6 nitrogen and oxygen atoms in total. The minimum atomic E-state index is -0.784. The van der Waals surface area contributed by atoms with Gasteiger partial charge in [-0.25, -0.2) is 0 Å². The molecule has 1 unspecified atom stereocenters. The summed E-state index contributed by atoms with van der Waals surface area (Å²) in [6, 6.07) is 0. The van der Waals surface area contributed by atoms with Gasteiger partial charge in [0, 0.05) is 19.3 Å². The molecule has 0 aliphatic rings. The third kappa shape index (κ3) is 61.2. The van der Waals surface area contributed by atoms with Crippen molar-refractivity contribution in [3.8, 4) is 0 Å². The molecule has 76 heavy (non-hydrogen) atoms. The van der Waals surface area contributed by atoms with Crippen molar-refractivity contribution in [3.05, 3.63) is 97.2 Å². The van der Waals surface area contributed by atoms with Crippen molar-refractivity contribution >= 4 is 17.9 Å². The lowest BCUT2D eigenvalue weighted by Gasteiger charge is -2.18. The zero-order chi connectivity index (χ0) is 55.0. The second-order valence-corrected chi connectivity index (χ2v) is 21.3. The molecule has 0 radical (unpaired) electrons. The molecule has 0 rings (SSSR count). The molecule has 0 saturated carbocycles. The molecule has 0 aromatic carbocycles. The van der Waals surface area contributed by atoms with Crippen LogP contribution in [0.15, 0.2) is 97.2 Å². The highest BCUT2D eigenvalue weighted by Gasteiger charge is 2.19. The van der Waals surface area contributed by atoms with Gasteiger partial charge in [0.25, 0.3) is 0 Å². The van der Waals surface area contributed by atoms with Gasteiger partial charge in [-0.1, -0.05) is 291 Å². The monoisotopic (exact) mass is 1060 g/mol. The minimum absolute atomic E-state index is 0.0799. The van der Waals surface area contributed by atoms with Gasteiger partial charge in [0.15, 0.2) is 6.10 Å². The van der Waals surface area contributed by atoms with Crippen molar-refractivity contribution in [2.75, 3.05) is 13.2 Å². The van der Waals surface area contributed by atoms with E-state index in [1.807, 2.05) is 0 Å². The molecule has 0 amide bonds. The van der Waals surface area contributed by atoms with Gasteiger partial charge in [0.1, 0.15) is 13.2 Å². The summed E-state index contributed by atoms with van der Waals surface area (Å²) < 4.78 is 16.9. The van der Waals surface area contributed by atoms with Crippen LogP contribution in [0.1, 0.15) is 310 Å². The average molecular weight is 1060 g/mol. The molecule has 0 heterocycles. The van der Waals surface area contributed by atoms with Gasteiger partial charge in [0.05, 0.1) is 0 Å². The van der Waals surface area contributed by atoms with E-state index in [1.54, 1.807) is 0 Å². The van der Waals surface area contributed by atoms with E-state index < -0.39 is 6.10 Å². The first-order valence-corrected chi connectivity index (χ1v) is 32.2. The lowest BCUT2D eigenvalue weighted by molar-refractivity contribution is -0.167. The number of ether oxygens (including phenoxy) is 3. The smallest absolute Gasteiger partial charge is 0.306 e. The highest BCUT2D eigenvalue weighted by molar-refractivity contribution is 5.71. The first-order valence-electron chi connectivity index (χ1n) is 32.2. The fraction of sp³-hybridized carbons (Fsp3) is 0.729. The molecule has 0 spiro atoms. The van der Waals surface area contributed by atoms with E-state index in [9.17, 15) is 14.4 Å². The Balaban J connectivity index is 4.21. The Morgan fingerprint density at radius 2 is 0.526 bits per heavy atom. The average Bonchev–Trinajstić information content (AvgIpc) is 3.42. The molecular formula is C70H120O6. The minimum Gasteiger partial charge on any atom is -0.462 e. The largest absolute Gasteiger partial charge is 0.462 e. The summed E-state index contributed by atoms with van der Waals surface area (Å²) in [6.45, 7) is 6.49. The van der Waals surface area contributed by atoms with E-state index in [2.05, 4.69) is 118 Å². The Morgan fingerprint density at radius 1 is 0.276 bits per heavy atom. The van der Waals surface area contributed by atoms with Crippen molar-refractivity contribution in [1.29, 1.82) is 0 Å². The lowest BCUT2D eigenvalue weighted by atomic mass is 10.0. The van der Waals surface area contributed by atoms with Crippen LogP contribution in [0.25, 0.3) is 0 Å². The predicted molar refractivity (Wildman–Crippen MR) is 330 cm³/mol. The fourth-order valence-corrected chi connectivity index (χ4v) is 8.99. The highest BCUT2D eigenvalue weighted by Crippen LogP contribution is 2.16. The van der Waals surface area contributed by atoms with Crippen LogP contribution < -0.4 is 0 Å². The second kappa shape index (κ2) is 63.9. The maximum absolute atomic E-state index is 12.9. The Kier molecular flexibility index (Phi) is 60.8. The van der Waals surface area contributed by atoms with Crippen LogP contribution in [0.4, 0.5) is 0 Å². The topological polar surface area (TPSA) is 78.9 Å². The number of unbranched alkanes of at least 4 members (excludes halogenated alkanes) is 31. The quantitative estimate of drug-likeness (QED) is 0.0261. The number of hydrogen-bond acceptors (Lipinski definition) is 6. The summed E-state index contributed by atoms with van der Waals surface area (Å²) in [7, 11) is 0. The molecule has 0 aliphatic carbocycles. The van der Waals surface area contributed by atoms with Crippen molar-refractivity contribution in [1.82, 2.24) is 0 Å². The van der Waals surface area contributed by atoms with Gasteiger partial charge in [-0.3, -0.25) is 14.4 Å². The summed E-state index contributed by atoms with van der Waals surface area (Å²) in [5.41, 5.74) is 0. The van der Waals surface area contributed by atoms with Gasteiger partial charge in [-0.05, 0) is 96.3 Å². The molecule has 0 aliphatic heterocycles. The van der Waals surface area contributed by atoms with Gasteiger partial charge >= 0.3 is 17.9 Å². The summed E-state index contributed by atoms with van der Waals surface area (Å²) in [5, 5.41) is 0. The Bertz CT molecular complexity index is 1490. The Labute approximate surface area is 470 Å². The zero-order valence-electron chi connectivity index (χ0n) is 50.0. The van der Waals surface area contributed by atoms with Crippen LogP contribution in [0, 0.1) is 0 Å². The van der Waals surface area contributed by atoms with E-state index in [-0.39, 0.29) is 31.1 Å². The third-order valence-corrected chi connectivity index (χ3v) is 13.8. The number of esters is 3. The van der Waals surface area contributed by atoms with E-state index in [0.29, 0.717) is 19.3 Å². The molecule has 0 aromatic heterocycles. The summed E-state index contributed by atoms with van der Waals surface area (Å²) in [6.07, 6.45) is 85.6. The molecule has 0 aromatic rings. The maximum atomic E-state index is 12.9. The third-order valence-electron chi connectivity index (χ3n) is 13.8. The van der Waals surface area contributed by atoms with Crippen LogP contribution in [-0.2, 0) is 28.6 Å². The molecule has 0 N–H and O–H groups in total. The molecule has 0 saturated heterocycles. The molecule has 0 fully saturated rings. The molecular weight excluding hydrogens is 937 g/mol. The molecule has 1 atom stereocenters. The molecule has 6 heteroatoms. The van der Waals surface area contributed by atoms with Crippen LogP contribution in [0.5, 0.6) is 0 Å². The number of carbonyl (C=O) groups is 3. The summed E-state index contributed by atoms with van der Waals surface area (Å²) in [5.74, 6) is -0.886. The summed E-state index contributed by atoms with van der Waals surface area (Å²) >= 11 is 0. The Hall–Kier alpha value is -3.67. The van der Waals surface area contributed by atoms with Gasteiger partial charge in [-0.2, -0.15) is 0 Å². The van der Waals surface area contributed by atoms with E-state index in [1.165, 1.54) is 148 Å². The van der Waals surface area contributed by atoms with Gasteiger partial charge in [-0.15, -0.1) is 0 Å². The fourth-order valence-electron chi connectivity index (χ4n) is 8.99. The van der Waals surface area contributed by atoms with Crippen molar-refractivity contribution in [3.63, 3.8) is 0 Å². The van der Waals surface area contributed by atoms with Crippen LogP contribution >= 0.6 is 0 Å². The first kappa shape index (κ1) is 72.3. The number of hydrogen-bond donors (Lipinski definition) is 0. The zero-order valence-corrected chi connectivity index (χ0v) is 50.0. The predicted octanol–water partition coefficient (Wildman–Crippen LogP) is 22.0. The van der Waals surface area contributed by atoms with E-state index in [0.717, 1.165) is 122 Å².